The SMILES string of the molecule is CC(C)(C)c1cc(C(C)(C)C)c(-c2cc3c4c(cc5c(-c6c(C(C)(C)C)cc(C(C)(C)C)cc6C(C)(C)C)cc6c7c(cc2c4c57)B2c4ccc(-c5ccccc5)cc4Oc4cc(Br)cc-6c42)B2c4ccc(Br)cc4Oc4cc(Br)cc-3c42)c(C(C)(C)C)c1. The van der Waals surface area contributed by atoms with Gasteiger partial charge in [-0.05, 0) is 230 Å². The second-order valence-corrected chi connectivity index (χ2v) is 35.2. The van der Waals surface area contributed by atoms with Crippen molar-refractivity contribution in [3.05, 3.63) is 186 Å². The van der Waals surface area contributed by atoms with Crippen molar-refractivity contribution in [2.45, 2.75) is 157 Å². The van der Waals surface area contributed by atoms with Gasteiger partial charge in [0.15, 0.2) is 0 Å². The highest BCUT2D eigenvalue weighted by Crippen LogP contribution is 2.56. The molecule has 0 saturated carbocycles. The zero-order chi connectivity index (χ0) is 63.0. The van der Waals surface area contributed by atoms with Crippen LogP contribution in [0.1, 0.15) is 158 Å². The summed E-state index contributed by atoms with van der Waals surface area (Å²) in [6, 6.07) is 54.6. The zero-order valence-electron chi connectivity index (χ0n) is 54.9. The van der Waals surface area contributed by atoms with E-state index in [-0.39, 0.29) is 45.9 Å². The van der Waals surface area contributed by atoms with E-state index in [0.29, 0.717) is 0 Å². The first-order valence-electron chi connectivity index (χ1n) is 31.9. The fraction of sp³-hybridized carbons (Fsp3) is 0.293. The lowest BCUT2D eigenvalue weighted by atomic mass is 9.32. The molecular weight excluding hydrogens is 1280 g/mol. The molecule has 4 aliphatic heterocycles. The largest absolute Gasteiger partial charge is 0.458 e. The molecule has 0 bridgehead atoms. The zero-order valence-corrected chi connectivity index (χ0v) is 59.6. The second kappa shape index (κ2) is 19.3. The van der Waals surface area contributed by atoms with Gasteiger partial charge in [0.05, 0.1) is 0 Å². The molecule has 4 heterocycles. The van der Waals surface area contributed by atoms with E-state index in [9.17, 15) is 0 Å². The lowest BCUT2D eigenvalue weighted by Crippen LogP contribution is -2.58. The Labute approximate surface area is 553 Å². The normalized spacial score (nSPS) is 14.3. The number of hydrogen-bond donors (Lipinski definition) is 0. The van der Waals surface area contributed by atoms with Crippen LogP contribution in [0.5, 0.6) is 23.0 Å². The Balaban J connectivity index is 1.23. The minimum atomic E-state index is -0.229. The summed E-state index contributed by atoms with van der Waals surface area (Å²) in [5.74, 6) is 3.57. The van der Waals surface area contributed by atoms with Gasteiger partial charge in [-0.1, -0.05) is 268 Å². The van der Waals surface area contributed by atoms with E-state index >= 15 is 0 Å². The van der Waals surface area contributed by atoms with E-state index in [0.717, 1.165) is 42.0 Å². The summed E-state index contributed by atoms with van der Waals surface area (Å²) < 4.78 is 17.5. The van der Waals surface area contributed by atoms with Crippen LogP contribution in [-0.2, 0) is 32.5 Å². The highest BCUT2D eigenvalue weighted by atomic mass is 79.9. The predicted octanol–water partition coefficient (Wildman–Crippen LogP) is 20.9. The van der Waals surface area contributed by atoms with Crippen LogP contribution in [0.3, 0.4) is 0 Å². The average Bonchev–Trinajstić information content (AvgIpc) is 0.668. The summed E-state index contributed by atoms with van der Waals surface area (Å²) >= 11 is 12.1. The Morgan fingerprint density at radius 2 is 0.674 bits per heavy atom. The van der Waals surface area contributed by atoms with Crippen LogP contribution >= 0.6 is 47.8 Å². The van der Waals surface area contributed by atoms with Gasteiger partial charge < -0.3 is 9.47 Å². The fourth-order valence-electron chi connectivity index (χ4n) is 15.8. The molecule has 2 nitrogen and oxygen atoms in total. The molecule has 15 rings (SSSR count). The molecule has 0 atom stereocenters. The van der Waals surface area contributed by atoms with E-state index in [4.69, 9.17) is 9.47 Å². The van der Waals surface area contributed by atoms with Crippen LogP contribution in [0.15, 0.2) is 153 Å². The maximum Gasteiger partial charge on any atom is 0.252 e. The molecule has 89 heavy (non-hydrogen) atoms. The van der Waals surface area contributed by atoms with E-state index in [1.807, 2.05) is 0 Å². The standard InChI is InChI=1S/C82H77B2Br3O2/c1-77(2,3)44-29-57(79(7,8)9)69(58(30-44)80(10,11)12)49-39-52-56-34-48(87)37-68-76(56)84(62-27-25-46(85)35-66(62)89-68)64-41-54-50(70-59(81(13,14)15)31-45(78(4,5)6)32-60(70)82(16,17)18)38-51-55-33-47(86)36-67-75(55)83(63-40-53(49)74(72(52)64)73(54)71(51)63)61-26-24-43(28-65(61)88-67)42-22-20-19-21-23-42/h19-41H,1-18H3. The first-order chi connectivity index (χ1) is 41.6. The average molecular weight is 1360 g/mol. The summed E-state index contributed by atoms with van der Waals surface area (Å²) in [5.41, 5.74) is 27.0. The Morgan fingerprint density at radius 1 is 0.292 bits per heavy atom. The van der Waals surface area contributed by atoms with Crippen LogP contribution < -0.4 is 42.3 Å². The molecule has 4 aliphatic rings. The minimum absolute atomic E-state index is 0.0873. The maximum atomic E-state index is 7.36. The maximum absolute atomic E-state index is 7.36. The molecule has 0 saturated heterocycles. The molecule has 0 aromatic heterocycles. The lowest BCUT2D eigenvalue weighted by molar-refractivity contribution is 0.487. The molecule has 444 valence electrons. The molecule has 0 N–H and O–H groups in total. The third-order valence-corrected chi connectivity index (χ3v) is 21.5. The van der Waals surface area contributed by atoms with Gasteiger partial charge >= 0.3 is 0 Å². The smallest absolute Gasteiger partial charge is 0.252 e. The second-order valence-electron chi connectivity index (χ2n) is 32.5. The number of ether oxygens (including phenoxy) is 2. The molecule has 0 fully saturated rings. The van der Waals surface area contributed by atoms with Gasteiger partial charge in [0, 0.05) is 13.4 Å². The Kier molecular flexibility index (Phi) is 12.8. The molecular formula is C82H77B2Br3O2. The third kappa shape index (κ3) is 9.01. The molecule has 11 aromatic rings. The van der Waals surface area contributed by atoms with Crippen molar-refractivity contribution in [2.24, 2.45) is 0 Å². The highest BCUT2D eigenvalue weighted by molar-refractivity contribution is 9.11. The molecule has 0 spiro atoms. The van der Waals surface area contributed by atoms with Crippen LogP contribution in [0, 0.1) is 0 Å². The quantitative estimate of drug-likeness (QED) is 0.130. The number of rotatable bonds is 3. The number of halogens is 3. The summed E-state index contributed by atoms with van der Waals surface area (Å²) in [6.07, 6.45) is 0. The van der Waals surface area contributed by atoms with Gasteiger partial charge in [-0.2, -0.15) is 0 Å². The number of fused-ring (bicyclic) bond motifs is 8. The van der Waals surface area contributed by atoms with Crippen molar-refractivity contribution < 1.29 is 9.47 Å². The van der Waals surface area contributed by atoms with E-state index in [1.165, 1.54) is 149 Å². The van der Waals surface area contributed by atoms with Gasteiger partial charge in [0.25, 0.3) is 13.4 Å². The third-order valence-electron chi connectivity index (χ3n) is 20.1. The van der Waals surface area contributed by atoms with Crippen LogP contribution in [0.25, 0.3) is 88.0 Å². The monoisotopic (exact) mass is 1350 g/mol. The molecule has 0 aliphatic carbocycles. The van der Waals surface area contributed by atoms with Gasteiger partial charge in [0.1, 0.15) is 23.0 Å². The topological polar surface area (TPSA) is 18.5 Å². The number of hydrogen-bond acceptors (Lipinski definition) is 2. The molecule has 7 heteroatoms. The predicted molar refractivity (Wildman–Crippen MR) is 395 cm³/mol. The lowest BCUT2D eigenvalue weighted by Gasteiger charge is -2.39. The van der Waals surface area contributed by atoms with Crippen molar-refractivity contribution in [3.63, 3.8) is 0 Å². The van der Waals surface area contributed by atoms with Gasteiger partial charge in [0.2, 0.25) is 0 Å². The van der Waals surface area contributed by atoms with E-state index in [2.05, 4.69) is 312 Å². The first-order valence-corrected chi connectivity index (χ1v) is 34.3. The van der Waals surface area contributed by atoms with E-state index in [1.54, 1.807) is 0 Å². The Morgan fingerprint density at radius 3 is 1.07 bits per heavy atom. The Hall–Kier alpha value is -6.37. The minimum Gasteiger partial charge on any atom is -0.458 e. The van der Waals surface area contributed by atoms with Crippen LogP contribution in [-0.4, -0.2) is 13.4 Å². The van der Waals surface area contributed by atoms with Crippen molar-refractivity contribution in [3.8, 4) is 78.6 Å². The molecule has 0 amide bonds. The van der Waals surface area contributed by atoms with E-state index < -0.39 is 0 Å². The fourth-order valence-corrected chi connectivity index (χ4v) is 17.0. The van der Waals surface area contributed by atoms with Crippen molar-refractivity contribution in [1.29, 1.82) is 0 Å². The first kappa shape index (κ1) is 59.0. The molecule has 11 aromatic carbocycles. The van der Waals surface area contributed by atoms with Crippen molar-refractivity contribution in [1.82, 2.24) is 0 Å². The van der Waals surface area contributed by atoms with Crippen molar-refractivity contribution in [2.75, 3.05) is 0 Å². The highest BCUT2D eigenvalue weighted by Gasteiger charge is 2.46. The number of benzene rings is 11. The van der Waals surface area contributed by atoms with Crippen LogP contribution in [0.4, 0.5) is 0 Å². The van der Waals surface area contributed by atoms with Crippen molar-refractivity contribution >= 4 is 126 Å². The Bertz CT molecular complexity index is 4860. The van der Waals surface area contributed by atoms with Gasteiger partial charge in [-0.25, -0.2) is 0 Å². The summed E-state index contributed by atoms with van der Waals surface area (Å²) in [4.78, 5) is 0. The summed E-state index contributed by atoms with van der Waals surface area (Å²) in [7, 11) is 0. The van der Waals surface area contributed by atoms with Gasteiger partial charge in [-0.3, -0.25) is 0 Å². The molecule has 0 radical (unpaired) electrons. The van der Waals surface area contributed by atoms with Gasteiger partial charge in [-0.15, -0.1) is 0 Å². The van der Waals surface area contributed by atoms with Crippen LogP contribution in [0.2, 0.25) is 0 Å². The molecule has 0 unspecified atom stereocenters. The summed E-state index contributed by atoms with van der Waals surface area (Å²) in [6.45, 7) is 43.1. The summed E-state index contributed by atoms with van der Waals surface area (Å²) in [5, 5.41) is 7.87.